The zero-order valence-electron chi connectivity index (χ0n) is 13.1. The average molecular weight is 346 g/mol. The Labute approximate surface area is 144 Å². The van der Waals surface area contributed by atoms with Gasteiger partial charge < -0.3 is 9.94 Å². The van der Waals surface area contributed by atoms with Gasteiger partial charge in [-0.1, -0.05) is 24.3 Å². The summed E-state index contributed by atoms with van der Waals surface area (Å²) in [5, 5.41) is 10.8. The molecule has 4 rings (SSSR count). The first-order valence-electron chi connectivity index (χ1n) is 8.02. The van der Waals surface area contributed by atoms with Crippen LogP contribution >= 0.6 is 11.8 Å². The van der Waals surface area contributed by atoms with Crippen LogP contribution in [0.25, 0.3) is 5.76 Å². The van der Waals surface area contributed by atoms with Crippen LogP contribution < -0.4 is 0 Å². The Bertz CT molecular complexity index is 725. The number of piperazine rings is 1. The molecule has 1 fully saturated rings. The largest absolute Gasteiger partial charge is 0.486 e. The summed E-state index contributed by atoms with van der Waals surface area (Å²) in [5.74, 6) is 0.301. The summed E-state index contributed by atoms with van der Waals surface area (Å²) in [6.45, 7) is 3.59. The number of thioether (sulfide) groups is 1. The molecule has 2 aliphatic heterocycles. The quantitative estimate of drug-likeness (QED) is 0.809. The van der Waals surface area contributed by atoms with E-state index >= 15 is 0 Å². The van der Waals surface area contributed by atoms with Gasteiger partial charge in [-0.3, -0.25) is 14.5 Å². The van der Waals surface area contributed by atoms with E-state index in [0.717, 1.165) is 25.2 Å². The van der Waals surface area contributed by atoms with E-state index in [1.54, 1.807) is 12.1 Å². The number of rotatable bonds is 2. The van der Waals surface area contributed by atoms with Gasteiger partial charge in [0.25, 0.3) is 0 Å². The normalized spacial score (nSPS) is 25.3. The minimum absolute atomic E-state index is 0.0342. The van der Waals surface area contributed by atoms with Gasteiger partial charge in [-0.25, -0.2) is 0 Å². The van der Waals surface area contributed by atoms with Gasteiger partial charge in [-0.15, -0.1) is 11.8 Å². The van der Waals surface area contributed by atoms with E-state index in [1.807, 2.05) is 12.1 Å². The molecule has 1 saturated heterocycles. The van der Waals surface area contributed by atoms with Crippen LogP contribution in [-0.4, -0.2) is 71.3 Å². The molecule has 1 N–H and O–H groups in total. The minimum atomic E-state index is -0.457. The molecule has 6 nitrogen and oxygen atoms in total. The first kappa shape index (κ1) is 15.8. The molecule has 3 aliphatic rings. The molecule has 1 atom stereocenters. The van der Waals surface area contributed by atoms with Gasteiger partial charge in [0.2, 0.25) is 11.6 Å². The minimum Gasteiger partial charge on any atom is -0.486 e. The molecule has 0 radical (unpaired) electrons. The van der Waals surface area contributed by atoms with Crippen molar-refractivity contribution in [3.63, 3.8) is 0 Å². The van der Waals surface area contributed by atoms with Gasteiger partial charge in [-0.05, 0) is 0 Å². The number of carbonyl (C=O) groups is 2. The zero-order valence-corrected chi connectivity index (χ0v) is 13.9. The highest BCUT2D eigenvalue weighted by Gasteiger charge is 2.38. The van der Waals surface area contributed by atoms with E-state index in [2.05, 4.69) is 4.90 Å². The molecule has 0 bridgehead atoms. The number of nitrogens with zero attached hydrogens (tertiary/aromatic N) is 2. The second kappa shape index (κ2) is 6.33. The third-order valence-electron chi connectivity index (χ3n) is 4.54. The van der Waals surface area contributed by atoms with Crippen molar-refractivity contribution < 1.29 is 19.5 Å². The summed E-state index contributed by atoms with van der Waals surface area (Å²) < 4.78 is 6.13. The van der Waals surface area contributed by atoms with Crippen LogP contribution in [-0.2, 0) is 9.53 Å². The van der Waals surface area contributed by atoms with Gasteiger partial charge >= 0.3 is 0 Å². The fraction of sp³-hybridized carbons (Fsp3) is 0.412. The molecule has 1 unspecified atom stereocenters. The van der Waals surface area contributed by atoms with Crippen molar-refractivity contribution in [2.24, 2.45) is 0 Å². The van der Waals surface area contributed by atoms with Gasteiger partial charge in [-0.2, -0.15) is 5.06 Å². The second-order valence-corrected chi connectivity index (χ2v) is 7.20. The Morgan fingerprint density at radius 2 is 1.79 bits per heavy atom. The third kappa shape index (κ3) is 2.77. The zero-order chi connectivity index (χ0) is 16.7. The Balaban J connectivity index is 1.55. The number of hydrogen-bond donors (Lipinski definition) is 1. The van der Waals surface area contributed by atoms with Crippen molar-refractivity contribution in [1.82, 2.24) is 9.96 Å². The summed E-state index contributed by atoms with van der Waals surface area (Å²) in [6, 6.07) is 7.13. The number of hydroxylamine groups is 2. The van der Waals surface area contributed by atoms with Crippen molar-refractivity contribution >= 4 is 29.1 Å². The molecular weight excluding hydrogens is 328 g/mol. The molecule has 0 amide bonds. The van der Waals surface area contributed by atoms with E-state index in [0.29, 0.717) is 35.1 Å². The van der Waals surface area contributed by atoms with Crippen molar-refractivity contribution in [1.29, 1.82) is 0 Å². The van der Waals surface area contributed by atoms with E-state index in [-0.39, 0.29) is 6.10 Å². The monoisotopic (exact) mass is 346 g/mol. The van der Waals surface area contributed by atoms with E-state index in [1.165, 1.54) is 16.8 Å². The maximum Gasteiger partial charge on any atom is 0.243 e. The summed E-state index contributed by atoms with van der Waals surface area (Å²) in [5.41, 5.74) is 1.14. The molecule has 0 spiro atoms. The first-order valence-corrected chi connectivity index (χ1v) is 9.00. The number of hydrogen-bond acceptors (Lipinski definition) is 7. The predicted octanol–water partition coefficient (Wildman–Crippen LogP) is 1.26. The highest BCUT2D eigenvalue weighted by molar-refractivity contribution is 8.04. The molecule has 0 aromatic heterocycles. The lowest BCUT2D eigenvalue weighted by molar-refractivity contribution is -0.119. The number of benzene rings is 1. The number of ether oxygens (including phenoxy) is 1. The first-order chi connectivity index (χ1) is 11.6. The summed E-state index contributed by atoms with van der Waals surface area (Å²) in [6.07, 6.45) is -0.0342. The summed E-state index contributed by atoms with van der Waals surface area (Å²) in [7, 11) is 0. The SMILES string of the molecule is O=C1C(=O)c2ccccc2C2=C1SCC(CN1CCN(O)CC1)O2. The summed E-state index contributed by atoms with van der Waals surface area (Å²) >= 11 is 1.42. The molecule has 1 aromatic carbocycles. The van der Waals surface area contributed by atoms with Crippen LogP contribution in [0.2, 0.25) is 0 Å². The number of fused-ring (bicyclic) bond motifs is 2. The van der Waals surface area contributed by atoms with Gasteiger partial charge in [0.05, 0.1) is 0 Å². The Morgan fingerprint density at radius 3 is 2.54 bits per heavy atom. The standard InChI is InChI=1S/C17H18N2O4S/c20-14-12-3-1-2-4-13(12)16-17(15(14)21)24-10-11(23-16)9-18-5-7-19(22)8-6-18/h1-4,11,22H,5-10H2. The molecule has 0 saturated carbocycles. The number of ketones is 2. The fourth-order valence-corrected chi connectivity index (χ4v) is 4.29. The van der Waals surface area contributed by atoms with Gasteiger partial charge in [0, 0.05) is 49.6 Å². The molecule has 126 valence electrons. The lowest BCUT2D eigenvalue weighted by Crippen LogP contribution is -2.48. The molecular formula is C17H18N2O4S. The Morgan fingerprint density at radius 1 is 1.08 bits per heavy atom. The number of allylic oxidation sites excluding steroid dienone is 1. The highest BCUT2D eigenvalue weighted by atomic mass is 32.2. The number of Topliss-reactive ketones (excluding diaryl/α,β-unsaturated/α-hetero) is 2. The Hall–Kier alpha value is -1.67. The lowest BCUT2D eigenvalue weighted by atomic mass is 9.93. The van der Waals surface area contributed by atoms with Crippen molar-refractivity contribution in [3.05, 3.63) is 40.3 Å². The molecule has 2 heterocycles. The average Bonchev–Trinajstić information content (AvgIpc) is 2.62. The van der Waals surface area contributed by atoms with Gasteiger partial charge in [0.15, 0.2) is 0 Å². The van der Waals surface area contributed by atoms with Gasteiger partial charge in [0.1, 0.15) is 16.8 Å². The van der Waals surface area contributed by atoms with Crippen LogP contribution in [0.15, 0.2) is 29.2 Å². The topological polar surface area (TPSA) is 70.1 Å². The maximum atomic E-state index is 12.3. The molecule has 1 aromatic rings. The summed E-state index contributed by atoms with van der Waals surface area (Å²) in [4.78, 5) is 27.2. The van der Waals surface area contributed by atoms with Crippen LogP contribution in [0, 0.1) is 0 Å². The van der Waals surface area contributed by atoms with Crippen LogP contribution in [0.5, 0.6) is 0 Å². The lowest BCUT2D eigenvalue weighted by Gasteiger charge is -2.36. The second-order valence-electron chi connectivity index (χ2n) is 6.17. The Kier molecular flexibility index (Phi) is 4.17. The van der Waals surface area contributed by atoms with Crippen molar-refractivity contribution in [2.45, 2.75) is 6.10 Å². The number of carbonyl (C=O) groups excluding carboxylic acids is 2. The maximum absolute atomic E-state index is 12.3. The van der Waals surface area contributed by atoms with E-state index < -0.39 is 11.6 Å². The van der Waals surface area contributed by atoms with Crippen LogP contribution in [0.3, 0.4) is 0 Å². The molecule has 7 heteroatoms. The smallest absolute Gasteiger partial charge is 0.243 e. The van der Waals surface area contributed by atoms with E-state index in [9.17, 15) is 14.8 Å². The predicted molar refractivity (Wildman–Crippen MR) is 89.8 cm³/mol. The van der Waals surface area contributed by atoms with Crippen molar-refractivity contribution in [3.8, 4) is 0 Å². The fourth-order valence-electron chi connectivity index (χ4n) is 3.25. The molecule has 24 heavy (non-hydrogen) atoms. The third-order valence-corrected chi connectivity index (χ3v) is 5.74. The van der Waals surface area contributed by atoms with Crippen LogP contribution in [0.1, 0.15) is 15.9 Å². The highest BCUT2D eigenvalue weighted by Crippen LogP contribution is 2.40. The van der Waals surface area contributed by atoms with E-state index in [4.69, 9.17) is 4.74 Å². The van der Waals surface area contributed by atoms with Crippen molar-refractivity contribution in [2.75, 3.05) is 38.5 Å². The van der Waals surface area contributed by atoms with Crippen LogP contribution in [0.4, 0.5) is 0 Å². The molecule has 1 aliphatic carbocycles.